The van der Waals surface area contributed by atoms with Crippen LogP contribution in [0.1, 0.15) is 30.9 Å². The average molecular weight is 351 g/mol. The van der Waals surface area contributed by atoms with Crippen molar-refractivity contribution in [2.45, 2.75) is 37.5 Å². The first kappa shape index (κ1) is 16.3. The number of hydrogen-bond donors (Lipinski definition) is 3. The second-order valence-electron chi connectivity index (χ2n) is 6.80. The maximum absolute atomic E-state index is 13.0. The van der Waals surface area contributed by atoms with Gasteiger partial charge in [0.25, 0.3) is 0 Å². The number of hydrazine groups is 2. The van der Waals surface area contributed by atoms with Crippen molar-refractivity contribution in [3.8, 4) is 0 Å². The Bertz CT molecular complexity index is 614. The van der Waals surface area contributed by atoms with Crippen LogP contribution in [-0.2, 0) is 9.53 Å². The number of rotatable bonds is 2. The van der Waals surface area contributed by atoms with Crippen LogP contribution in [0.2, 0.25) is 5.02 Å². The Labute approximate surface area is 146 Å². The molecule has 1 aliphatic carbocycles. The highest BCUT2D eigenvalue weighted by Gasteiger charge is 2.39. The number of carbonyl (C=O) groups excluding carboxylic acids is 1. The summed E-state index contributed by atoms with van der Waals surface area (Å²) in [5, 5.41) is 0.699. The molecule has 0 spiro atoms. The molecular formula is C17H23ClN4O2. The van der Waals surface area contributed by atoms with Crippen LogP contribution in [-0.4, -0.2) is 42.6 Å². The highest BCUT2D eigenvalue weighted by molar-refractivity contribution is 6.31. The zero-order valence-electron chi connectivity index (χ0n) is 13.5. The summed E-state index contributed by atoms with van der Waals surface area (Å²) < 4.78 is 5.87. The van der Waals surface area contributed by atoms with Crippen molar-refractivity contribution < 1.29 is 9.53 Å². The molecule has 6 nitrogen and oxygen atoms in total. The maximum atomic E-state index is 13.0. The highest BCUT2D eigenvalue weighted by atomic mass is 35.5. The Balaban J connectivity index is 1.42. The Kier molecular flexibility index (Phi) is 4.74. The standard InChI is InChI=1S/C17H23ClN4O2/c18-13-4-2-1-3-12(13)16-10-22(7-8-24-16)17(23)11-5-6-14-15(9-11)20-21-19-14/h1-4,11,14-16,19-21H,5-10H2. The predicted octanol–water partition coefficient (Wildman–Crippen LogP) is 1.39. The topological polar surface area (TPSA) is 65.6 Å². The van der Waals surface area contributed by atoms with Crippen LogP contribution in [0.25, 0.3) is 0 Å². The second-order valence-corrected chi connectivity index (χ2v) is 7.21. The summed E-state index contributed by atoms with van der Waals surface area (Å²) in [6, 6.07) is 8.47. The average Bonchev–Trinajstić information content (AvgIpc) is 3.09. The lowest BCUT2D eigenvalue weighted by Gasteiger charge is -2.37. The highest BCUT2D eigenvalue weighted by Crippen LogP contribution is 2.31. The fraction of sp³-hybridized carbons (Fsp3) is 0.588. The molecule has 4 atom stereocenters. The van der Waals surface area contributed by atoms with Crippen molar-refractivity contribution in [1.82, 2.24) is 21.3 Å². The molecule has 2 aliphatic heterocycles. The molecule has 24 heavy (non-hydrogen) atoms. The molecular weight excluding hydrogens is 328 g/mol. The van der Waals surface area contributed by atoms with E-state index in [1.165, 1.54) is 0 Å². The predicted molar refractivity (Wildman–Crippen MR) is 91.0 cm³/mol. The number of nitrogens with one attached hydrogen (secondary N) is 3. The first-order valence-corrected chi connectivity index (χ1v) is 9.01. The third kappa shape index (κ3) is 3.17. The van der Waals surface area contributed by atoms with Gasteiger partial charge in [-0.05, 0) is 25.3 Å². The van der Waals surface area contributed by atoms with Gasteiger partial charge in [0.2, 0.25) is 5.91 Å². The largest absolute Gasteiger partial charge is 0.370 e. The van der Waals surface area contributed by atoms with Crippen LogP contribution >= 0.6 is 11.6 Å². The Morgan fingerprint density at radius 2 is 2.04 bits per heavy atom. The molecule has 4 unspecified atom stereocenters. The molecule has 0 bridgehead atoms. The van der Waals surface area contributed by atoms with Gasteiger partial charge in [-0.2, -0.15) is 5.53 Å². The summed E-state index contributed by atoms with van der Waals surface area (Å²) >= 11 is 6.29. The van der Waals surface area contributed by atoms with Gasteiger partial charge in [-0.15, -0.1) is 0 Å². The summed E-state index contributed by atoms with van der Waals surface area (Å²) in [4.78, 5) is 14.9. The van der Waals surface area contributed by atoms with Crippen molar-refractivity contribution >= 4 is 17.5 Å². The molecule has 4 rings (SSSR count). The first-order valence-electron chi connectivity index (χ1n) is 8.63. The Morgan fingerprint density at radius 3 is 2.92 bits per heavy atom. The van der Waals surface area contributed by atoms with Gasteiger partial charge in [0.1, 0.15) is 6.10 Å². The molecule has 2 saturated heterocycles. The number of amides is 1. The Hall–Kier alpha value is -1.18. The minimum atomic E-state index is -0.138. The summed E-state index contributed by atoms with van der Waals surface area (Å²) in [6.07, 6.45) is 2.68. The number of fused-ring (bicyclic) bond motifs is 1. The molecule has 0 radical (unpaired) electrons. The number of morpholine rings is 1. The van der Waals surface area contributed by atoms with E-state index in [0.717, 1.165) is 24.8 Å². The van der Waals surface area contributed by atoms with E-state index in [4.69, 9.17) is 16.3 Å². The van der Waals surface area contributed by atoms with E-state index in [0.29, 0.717) is 36.8 Å². The van der Waals surface area contributed by atoms with Crippen molar-refractivity contribution in [2.75, 3.05) is 19.7 Å². The normalized spacial score (nSPS) is 33.3. The fourth-order valence-corrected chi connectivity index (χ4v) is 4.24. The summed E-state index contributed by atoms with van der Waals surface area (Å²) in [6.45, 7) is 1.80. The van der Waals surface area contributed by atoms with Gasteiger partial charge < -0.3 is 9.64 Å². The molecule has 0 aromatic heterocycles. The van der Waals surface area contributed by atoms with Crippen molar-refractivity contribution in [3.63, 3.8) is 0 Å². The second kappa shape index (κ2) is 6.98. The molecule has 1 amide bonds. The van der Waals surface area contributed by atoms with E-state index in [9.17, 15) is 4.79 Å². The number of ether oxygens (including phenoxy) is 1. The van der Waals surface area contributed by atoms with Crippen LogP contribution in [0.15, 0.2) is 24.3 Å². The third-order valence-corrected chi connectivity index (χ3v) is 5.69. The van der Waals surface area contributed by atoms with Gasteiger partial charge in [-0.25, -0.2) is 10.9 Å². The molecule has 2 heterocycles. The SMILES string of the molecule is O=C(C1CCC2NNNC2C1)N1CCOC(c2ccccc2Cl)C1. The van der Waals surface area contributed by atoms with Gasteiger partial charge in [0.05, 0.1) is 13.2 Å². The van der Waals surface area contributed by atoms with Gasteiger partial charge >= 0.3 is 0 Å². The van der Waals surface area contributed by atoms with Crippen LogP contribution in [0.3, 0.4) is 0 Å². The van der Waals surface area contributed by atoms with Gasteiger partial charge in [-0.3, -0.25) is 4.79 Å². The van der Waals surface area contributed by atoms with Crippen LogP contribution < -0.4 is 16.4 Å². The summed E-state index contributed by atoms with van der Waals surface area (Å²) in [7, 11) is 0. The molecule has 130 valence electrons. The van der Waals surface area contributed by atoms with Gasteiger partial charge in [-0.1, -0.05) is 29.8 Å². The number of carbonyl (C=O) groups is 1. The molecule has 3 aliphatic rings. The molecule has 1 saturated carbocycles. The van der Waals surface area contributed by atoms with Gasteiger partial charge in [0.15, 0.2) is 0 Å². The van der Waals surface area contributed by atoms with Crippen molar-refractivity contribution in [1.29, 1.82) is 0 Å². The maximum Gasteiger partial charge on any atom is 0.225 e. The fourth-order valence-electron chi connectivity index (χ4n) is 3.99. The molecule has 3 fully saturated rings. The van der Waals surface area contributed by atoms with E-state index in [1.54, 1.807) is 0 Å². The van der Waals surface area contributed by atoms with Crippen LogP contribution in [0.5, 0.6) is 0 Å². The molecule has 7 heteroatoms. The van der Waals surface area contributed by atoms with Gasteiger partial charge in [0, 0.05) is 35.1 Å². The van der Waals surface area contributed by atoms with Crippen LogP contribution in [0.4, 0.5) is 0 Å². The van der Waals surface area contributed by atoms with E-state index in [1.807, 2.05) is 29.2 Å². The monoisotopic (exact) mass is 350 g/mol. The molecule has 3 N–H and O–H groups in total. The summed E-state index contributed by atoms with van der Waals surface area (Å²) in [5.41, 5.74) is 10.4. The number of nitrogens with zero attached hydrogens (tertiary/aromatic N) is 1. The first-order chi connectivity index (χ1) is 11.7. The van der Waals surface area contributed by atoms with E-state index >= 15 is 0 Å². The number of halogens is 1. The zero-order chi connectivity index (χ0) is 16.5. The Morgan fingerprint density at radius 1 is 1.21 bits per heavy atom. The smallest absolute Gasteiger partial charge is 0.225 e. The zero-order valence-corrected chi connectivity index (χ0v) is 14.3. The molecule has 1 aromatic rings. The third-order valence-electron chi connectivity index (χ3n) is 5.34. The van der Waals surface area contributed by atoms with Crippen molar-refractivity contribution in [3.05, 3.63) is 34.9 Å². The number of benzene rings is 1. The van der Waals surface area contributed by atoms with Crippen LogP contribution in [0, 0.1) is 5.92 Å². The lowest BCUT2D eigenvalue weighted by molar-refractivity contribution is -0.144. The van der Waals surface area contributed by atoms with Crippen molar-refractivity contribution in [2.24, 2.45) is 5.92 Å². The quantitative estimate of drug-likeness (QED) is 0.752. The minimum Gasteiger partial charge on any atom is -0.370 e. The number of hydrogen-bond acceptors (Lipinski definition) is 5. The van der Waals surface area contributed by atoms with E-state index in [2.05, 4.69) is 16.4 Å². The molecule has 1 aromatic carbocycles. The summed E-state index contributed by atoms with van der Waals surface area (Å²) in [5.74, 6) is 0.341. The van der Waals surface area contributed by atoms with E-state index < -0.39 is 0 Å². The lowest BCUT2D eigenvalue weighted by Crippen LogP contribution is -2.49. The minimum absolute atomic E-state index is 0.0884. The lowest BCUT2D eigenvalue weighted by atomic mass is 9.82. The van der Waals surface area contributed by atoms with E-state index in [-0.39, 0.29) is 17.9 Å².